The highest BCUT2D eigenvalue weighted by Crippen LogP contribution is 2.32. The van der Waals surface area contributed by atoms with Crippen LogP contribution >= 0.6 is 0 Å². The lowest BCUT2D eigenvalue weighted by atomic mass is 10.0. The van der Waals surface area contributed by atoms with Gasteiger partial charge in [-0.1, -0.05) is 42.5 Å². The molecule has 0 bridgehead atoms. The standard InChI is InChI=1S/C20H15N3O2/c1-13-11-17(22-20(24)25)19(15-5-3-2-4-6-15)23-18(13)16-9-7-14(12-21)8-10-16/h2-11,22H,1H3,(H,24,25). The van der Waals surface area contributed by atoms with Crippen LogP contribution in [0.25, 0.3) is 22.5 Å². The van der Waals surface area contributed by atoms with Gasteiger partial charge >= 0.3 is 6.09 Å². The number of amides is 1. The van der Waals surface area contributed by atoms with Crippen LogP contribution in [0.5, 0.6) is 0 Å². The molecule has 0 aliphatic rings. The Bertz CT molecular complexity index is 959. The minimum atomic E-state index is -1.13. The Morgan fingerprint density at radius 3 is 2.28 bits per heavy atom. The fourth-order valence-electron chi connectivity index (χ4n) is 2.63. The summed E-state index contributed by atoms with van der Waals surface area (Å²) < 4.78 is 0. The molecule has 0 aliphatic carbocycles. The predicted molar refractivity (Wildman–Crippen MR) is 96.2 cm³/mol. The number of nitrogens with one attached hydrogen (secondary N) is 1. The van der Waals surface area contributed by atoms with Crippen molar-refractivity contribution in [3.63, 3.8) is 0 Å². The van der Waals surface area contributed by atoms with Crippen molar-refractivity contribution in [2.24, 2.45) is 0 Å². The molecule has 0 aliphatic heterocycles. The number of nitrogens with zero attached hydrogens (tertiary/aromatic N) is 2. The SMILES string of the molecule is Cc1cc(NC(=O)O)c(-c2ccccc2)nc1-c1ccc(C#N)cc1. The molecule has 5 nitrogen and oxygen atoms in total. The van der Waals surface area contributed by atoms with E-state index in [-0.39, 0.29) is 0 Å². The molecule has 0 radical (unpaired) electrons. The molecule has 0 fully saturated rings. The molecule has 0 saturated carbocycles. The zero-order valence-electron chi connectivity index (χ0n) is 13.5. The lowest BCUT2D eigenvalue weighted by Gasteiger charge is -2.14. The average Bonchev–Trinajstić information content (AvgIpc) is 2.62. The molecule has 0 spiro atoms. The van der Waals surface area contributed by atoms with Crippen LogP contribution in [-0.2, 0) is 0 Å². The van der Waals surface area contributed by atoms with E-state index in [4.69, 9.17) is 15.4 Å². The largest absolute Gasteiger partial charge is 0.465 e. The molecule has 0 saturated heterocycles. The maximum atomic E-state index is 11.1. The Morgan fingerprint density at radius 2 is 1.68 bits per heavy atom. The number of rotatable bonds is 3. The number of aryl methyl sites for hydroxylation is 1. The Balaban J connectivity index is 2.17. The van der Waals surface area contributed by atoms with Gasteiger partial charge in [-0.2, -0.15) is 5.26 Å². The van der Waals surface area contributed by atoms with Gasteiger partial charge < -0.3 is 5.11 Å². The number of benzene rings is 2. The van der Waals surface area contributed by atoms with Crippen molar-refractivity contribution in [1.82, 2.24) is 4.98 Å². The van der Waals surface area contributed by atoms with Crippen LogP contribution in [0.2, 0.25) is 0 Å². The monoisotopic (exact) mass is 329 g/mol. The van der Waals surface area contributed by atoms with Gasteiger partial charge in [-0.05, 0) is 30.7 Å². The smallest absolute Gasteiger partial charge is 0.409 e. The van der Waals surface area contributed by atoms with Crippen molar-refractivity contribution in [2.75, 3.05) is 5.32 Å². The molecule has 0 unspecified atom stereocenters. The Labute approximate surface area is 145 Å². The zero-order valence-corrected chi connectivity index (χ0v) is 13.5. The Kier molecular flexibility index (Phi) is 4.44. The van der Waals surface area contributed by atoms with Crippen LogP contribution in [0, 0.1) is 18.3 Å². The van der Waals surface area contributed by atoms with Crippen LogP contribution in [-0.4, -0.2) is 16.2 Å². The normalized spacial score (nSPS) is 10.1. The number of carbonyl (C=O) groups is 1. The molecule has 1 aromatic heterocycles. The van der Waals surface area contributed by atoms with Crippen LogP contribution < -0.4 is 5.32 Å². The van der Waals surface area contributed by atoms with E-state index in [9.17, 15) is 4.79 Å². The maximum Gasteiger partial charge on any atom is 0.409 e. The highest BCUT2D eigenvalue weighted by atomic mass is 16.4. The third-order valence-electron chi connectivity index (χ3n) is 3.79. The second kappa shape index (κ2) is 6.85. The molecular formula is C20H15N3O2. The molecule has 1 amide bonds. The molecule has 2 aromatic carbocycles. The van der Waals surface area contributed by atoms with Crippen molar-refractivity contribution in [3.8, 4) is 28.6 Å². The molecule has 5 heteroatoms. The van der Waals surface area contributed by atoms with E-state index in [0.717, 1.165) is 22.4 Å². The molecule has 3 aromatic rings. The van der Waals surface area contributed by atoms with E-state index in [0.29, 0.717) is 16.9 Å². The summed E-state index contributed by atoms with van der Waals surface area (Å²) in [6, 6.07) is 20.4. The quantitative estimate of drug-likeness (QED) is 0.730. The van der Waals surface area contributed by atoms with Gasteiger partial charge in [-0.15, -0.1) is 0 Å². The lowest BCUT2D eigenvalue weighted by Crippen LogP contribution is -2.10. The van der Waals surface area contributed by atoms with Gasteiger partial charge in [0.25, 0.3) is 0 Å². The summed E-state index contributed by atoms with van der Waals surface area (Å²) in [6.45, 7) is 1.88. The van der Waals surface area contributed by atoms with Crippen LogP contribution in [0.1, 0.15) is 11.1 Å². The first-order valence-corrected chi connectivity index (χ1v) is 7.66. The Hall–Kier alpha value is -3.65. The fraction of sp³-hybridized carbons (Fsp3) is 0.0500. The summed E-state index contributed by atoms with van der Waals surface area (Å²) in [7, 11) is 0. The fourth-order valence-corrected chi connectivity index (χ4v) is 2.63. The first kappa shape index (κ1) is 16.2. The van der Waals surface area contributed by atoms with Gasteiger partial charge in [-0.25, -0.2) is 9.78 Å². The molecule has 1 heterocycles. The van der Waals surface area contributed by atoms with Gasteiger partial charge in [0.2, 0.25) is 0 Å². The van der Waals surface area contributed by atoms with Crippen LogP contribution in [0.3, 0.4) is 0 Å². The third-order valence-corrected chi connectivity index (χ3v) is 3.79. The van der Waals surface area contributed by atoms with E-state index < -0.39 is 6.09 Å². The maximum absolute atomic E-state index is 11.1. The van der Waals surface area contributed by atoms with Crippen molar-refractivity contribution in [2.45, 2.75) is 6.92 Å². The number of carboxylic acid groups (broad SMARTS) is 1. The summed E-state index contributed by atoms with van der Waals surface area (Å²) >= 11 is 0. The van der Waals surface area contributed by atoms with Gasteiger partial charge in [0.1, 0.15) is 0 Å². The third kappa shape index (κ3) is 3.48. The summed E-state index contributed by atoms with van der Waals surface area (Å²) in [5, 5.41) is 20.5. The zero-order chi connectivity index (χ0) is 17.8. The van der Waals surface area contributed by atoms with Crippen LogP contribution in [0.15, 0.2) is 60.7 Å². The first-order valence-electron chi connectivity index (χ1n) is 7.66. The molecule has 2 N–H and O–H groups in total. The molecule has 3 rings (SSSR count). The highest BCUT2D eigenvalue weighted by molar-refractivity contribution is 5.90. The number of pyridine rings is 1. The minimum absolute atomic E-state index is 0.439. The van der Waals surface area contributed by atoms with Gasteiger partial charge in [0.15, 0.2) is 0 Å². The summed E-state index contributed by atoms with van der Waals surface area (Å²) in [6.07, 6.45) is -1.13. The van der Waals surface area contributed by atoms with Crippen molar-refractivity contribution >= 4 is 11.8 Å². The summed E-state index contributed by atoms with van der Waals surface area (Å²) in [5.41, 5.74) is 4.86. The first-order chi connectivity index (χ1) is 12.1. The van der Waals surface area contributed by atoms with Crippen molar-refractivity contribution in [1.29, 1.82) is 5.26 Å². The lowest BCUT2D eigenvalue weighted by molar-refractivity contribution is 0.210. The summed E-state index contributed by atoms with van der Waals surface area (Å²) in [4.78, 5) is 15.8. The number of anilines is 1. The predicted octanol–water partition coefficient (Wildman–Crippen LogP) is 4.69. The van der Waals surface area contributed by atoms with Crippen molar-refractivity contribution in [3.05, 3.63) is 71.8 Å². The van der Waals surface area contributed by atoms with Gasteiger partial charge in [0.05, 0.1) is 28.7 Å². The van der Waals surface area contributed by atoms with E-state index >= 15 is 0 Å². The number of aromatic nitrogens is 1. The molecule has 0 atom stereocenters. The molecule has 122 valence electrons. The topological polar surface area (TPSA) is 86.0 Å². The van der Waals surface area contributed by atoms with E-state index in [1.54, 1.807) is 18.2 Å². The second-order valence-corrected chi connectivity index (χ2v) is 5.54. The number of hydrogen-bond donors (Lipinski definition) is 2. The van der Waals surface area contributed by atoms with E-state index in [2.05, 4.69) is 11.4 Å². The number of nitriles is 1. The average molecular weight is 329 g/mol. The Morgan fingerprint density at radius 1 is 1.04 bits per heavy atom. The van der Waals surface area contributed by atoms with E-state index in [1.165, 1.54) is 0 Å². The second-order valence-electron chi connectivity index (χ2n) is 5.54. The molecular weight excluding hydrogens is 314 g/mol. The van der Waals surface area contributed by atoms with E-state index in [1.807, 2.05) is 49.4 Å². The van der Waals surface area contributed by atoms with Crippen LogP contribution in [0.4, 0.5) is 10.5 Å². The van der Waals surface area contributed by atoms with Gasteiger partial charge in [-0.3, -0.25) is 5.32 Å². The van der Waals surface area contributed by atoms with Gasteiger partial charge in [0, 0.05) is 11.1 Å². The molecule has 25 heavy (non-hydrogen) atoms. The van der Waals surface area contributed by atoms with Crippen molar-refractivity contribution < 1.29 is 9.90 Å². The number of hydrogen-bond acceptors (Lipinski definition) is 3. The highest BCUT2D eigenvalue weighted by Gasteiger charge is 2.14. The minimum Gasteiger partial charge on any atom is -0.465 e. The summed E-state index contributed by atoms with van der Waals surface area (Å²) in [5.74, 6) is 0.